The molecule has 4 rings (SSSR count). The highest BCUT2D eigenvalue weighted by Gasteiger charge is 2.29. The van der Waals surface area contributed by atoms with Crippen molar-refractivity contribution < 1.29 is 9.53 Å². The molecular formula is C23H29N5O3. The maximum Gasteiger partial charge on any atom is 0.282 e. The lowest BCUT2D eigenvalue weighted by molar-refractivity contribution is 0.0636. The first-order valence-corrected chi connectivity index (χ1v) is 10.8. The van der Waals surface area contributed by atoms with Crippen LogP contribution in [0.2, 0.25) is 0 Å². The van der Waals surface area contributed by atoms with E-state index < -0.39 is 0 Å². The van der Waals surface area contributed by atoms with E-state index >= 15 is 0 Å². The SMILES string of the molecule is CCCN1CCN(C(=O)c2cn(CCOC)cc3c(=O)n(-c4ccccc4)nc2-3)CC1. The quantitative estimate of drug-likeness (QED) is 0.581. The van der Waals surface area contributed by atoms with E-state index in [1.165, 1.54) is 4.68 Å². The lowest BCUT2D eigenvalue weighted by Crippen LogP contribution is -2.49. The van der Waals surface area contributed by atoms with Gasteiger partial charge in [-0.2, -0.15) is 9.78 Å². The summed E-state index contributed by atoms with van der Waals surface area (Å²) in [5, 5.41) is 4.57. The molecule has 1 amide bonds. The molecule has 8 heteroatoms. The fourth-order valence-electron chi connectivity index (χ4n) is 4.05. The van der Waals surface area contributed by atoms with E-state index in [4.69, 9.17) is 4.74 Å². The molecule has 3 heterocycles. The van der Waals surface area contributed by atoms with Crippen molar-refractivity contribution in [3.05, 3.63) is 58.6 Å². The molecule has 3 aliphatic rings. The monoisotopic (exact) mass is 423 g/mol. The Labute approximate surface area is 182 Å². The number of piperazine rings is 1. The van der Waals surface area contributed by atoms with Crippen LogP contribution in [0, 0.1) is 0 Å². The maximum atomic E-state index is 13.5. The van der Waals surface area contributed by atoms with Crippen molar-refractivity contribution >= 4 is 5.91 Å². The highest BCUT2D eigenvalue weighted by molar-refractivity contribution is 6.00. The molecule has 1 fully saturated rings. The first-order valence-electron chi connectivity index (χ1n) is 10.8. The van der Waals surface area contributed by atoms with Crippen LogP contribution in [0.25, 0.3) is 16.9 Å². The lowest BCUT2D eigenvalue weighted by atomic mass is 10.1. The van der Waals surface area contributed by atoms with Gasteiger partial charge in [0, 0.05) is 52.2 Å². The van der Waals surface area contributed by atoms with E-state index in [0.717, 1.165) is 26.1 Å². The Morgan fingerprint density at radius 3 is 2.48 bits per heavy atom. The smallest absolute Gasteiger partial charge is 0.282 e. The van der Waals surface area contributed by atoms with Gasteiger partial charge < -0.3 is 14.2 Å². The largest absolute Gasteiger partial charge is 0.383 e. The average Bonchev–Trinajstić information content (AvgIpc) is 3.14. The van der Waals surface area contributed by atoms with Crippen LogP contribution < -0.4 is 5.56 Å². The van der Waals surface area contributed by atoms with Gasteiger partial charge in [0.25, 0.3) is 11.5 Å². The Bertz CT molecular complexity index is 1050. The van der Waals surface area contributed by atoms with E-state index in [1.54, 1.807) is 19.5 Å². The first kappa shape index (κ1) is 21.3. The Hall–Kier alpha value is -2.97. The number of carbonyl (C=O) groups is 1. The van der Waals surface area contributed by atoms with Crippen LogP contribution >= 0.6 is 0 Å². The van der Waals surface area contributed by atoms with Crippen molar-refractivity contribution in [3.8, 4) is 16.9 Å². The molecule has 164 valence electrons. The minimum atomic E-state index is -0.227. The maximum absolute atomic E-state index is 13.5. The van der Waals surface area contributed by atoms with Crippen LogP contribution in [0.1, 0.15) is 23.7 Å². The topological polar surface area (TPSA) is 72.6 Å². The minimum absolute atomic E-state index is 0.0781. The zero-order valence-corrected chi connectivity index (χ0v) is 18.2. The molecule has 1 aromatic carbocycles. The average molecular weight is 424 g/mol. The van der Waals surface area contributed by atoms with E-state index in [9.17, 15) is 9.59 Å². The van der Waals surface area contributed by atoms with Gasteiger partial charge in [-0.25, -0.2) is 0 Å². The summed E-state index contributed by atoms with van der Waals surface area (Å²) in [7, 11) is 1.63. The van der Waals surface area contributed by atoms with Crippen molar-refractivity contribution in [1.82, 2.24) is 24.1 Å². The van der Waals surface area contributed by atoms with Gasteiger partial charge >= 0.3 is 0 Å². The van der Waals surface area contributed by atoms with Gasteiger partial charge in [0.2, 0.25) is 0 Å². The van der Waals surface area contributed by atoms with Gasteiger partial charge in [0.15, 0.2) is 0 Å². The van der Waals surface area contributed by atoms with E-state index in [-0.39, 0.29) is 11.5 Å². The van der Waals surface area contributed by atoms with Crippen molar-refractivity contribution in [2.24, 2.45) is 0 Å². The molecule has 0 saturated carbocycles. The molecular weight excluding hydrogens is 394 g/mol. The number of fused-ring (bicyclic) bond motifs is 1. The van der Waals surface area contributed by atoms with Crippen LogP contribution in [0.5, 0.6) is 0 Å². The van der Waals surface area contributed by atoms with Gasteiger partial charge in [0.1, 0.15) is 5.69 Å². The van der Waals surface area contributed by atoms with Crippen molar-refractivity contribution in [3.63, 3.8) is 0 Å². The van der Waals surface area contributed by atoms with Gasteiger partial charge in [-0.1, -0.05) is 25.1 Å². The summed E-state index contributed by atoms with van der Waals surface area (Å²) in [5.74, 6) is -0.0781. The van der Waals surface area contributed by atoms with Crippen molar-refractivity contribution in [2.45, 2.75) is 19.9 Å². The highest BCUT2D eigenvalue weighted by atomic mass is 16.5. The van der Waals surface area contributed by atoms with Crippen LogP contribution in [0.4, 0.5) is 0 Å². The third-order valence-electron chi connectivity index (χ3n) is 5.71. The van der Waals surface area contributed by atoms with Crippen LogP contribution in [0.3, 0.4) is 0 Å². The summed E-state index contributed by atoms with van der Waals surface area (Å²) in [5.41, 5.74) is 1.80. The summed E-state index contributed by atoms with van der Waals surface area (Å²) in [6.07, 6.45) is 4.67. The van der Waals surface area contributed by atoms with E-state index in [1.807, 2.05) is 39.8 Å². The summed E-state index contributed by atoms with van der Waals surface area (Å²) >= 11 is 0. The first-order chi connectivity index (χ1) is 15.1. The third kappa shape index (κ3) is 4.40. The Morgan fingerprint density at radius 2 is 1.81 bits per heavy atom. The number of hydrogen-bond acceptors (Lipinski definition) is 5. The lowest BCUT2D eigenvalue weighted by Gasteiger charge is -2.34. The number of benzene rings is 1. The predicted octanol–water partition coefficient (Wildman–Crippen LogP) is 1.95. The minimum Gasteiger partial charge on any atom is -0.383 e. The normalized spacial score (nSPS) is 15.0. The molecule has 1 saturated heterocycles. The second-order valence-corrected chi connectivity index (χ2v) is 7.85. The second-order valence-electron chi connectivity index (χ2n) is 7.85. The molecule has 0 aromatic heterocycles. The summed E-state index contributed by atoms with van der Waals surface area (Å²) in [6.45, 7) is 7.34. The zero-order chi connectivity index (χ0) is 21.8. The van der Waals surface area contributed by atoms with Crippen LogP contribution in [-0.2, 0) is 11.3 Å². The summed E-state index contributed by atoms with van der Waals surface area (Å²) < 4.78 is 8.42. The van der Waals surface area contributed by atoms with Gasteiger partial charge in [-0.3, -0.25) is 14.5 Å². The van der Waals surface area contributed by atoms with Crippen LogP contribution in [0.15, 0.2) is 47.5 Å². The molecule has 0 atom stereocenters. The van der Waals surface area contributed by atoms with E-state index in [2.05, 4.69) is 16.9 Å². The number of amides is 1. The third-order valence-corrected chi connectivity index (χ3v) is 5.71. The molecule has 3 aliphatic heterocycles. The molecule has 8 nitrogen and oxygen atoms in total. The highest BCUT2D eigenvalue weighted by Crippen LogP contribution is 2.24. The number of nitrogens with zero attached hydrogens (tertiary/aromatic N) is 5. The summed E-state index contributed by atoms with van der Waals surface area (Å²) in [6, 6.07) is 9.29. The Kier molecular flexibility index (Phi) is 6.48. The molecule has 0 bridgehead atoms. The number of rotatable bonds is 7. The fraction of sp³-hybridized carbons (Fsp3) is 0.435. The molecule has 1 aromatic rings. The molecule has 31 heavy (non-hydrogen) atoms. The van der Waals surface area contributed by atoms with Gasteiger partial charge in [-0.15, -0.1) is 0 Å². The Balaban J connectivity index is 1.72. The van der Waals surface area contributed by atoms with Crippen molar-refractivity contribution in [1.29, 1.82) is 0 Å². The molecule has 0 N–H and O–H groups in total. The number of carbonyl (C=O) groups excluding carboxylic acids is 1. The predicted molar refractivity (Wildman–Crippen MR) is 119 cm³/mol. The van der Waals surface area contributed by atoms with Crippen molar-refractivity contribution in [2.75, 3.05) is 46.4 Å². The van der Waals surface area contributed by atoms with Crippen LogP contribution in [-0.4, -0.2) is 76.5 Å². The number of pyridine rings is 1. The molecule has 0 unspecified atom stereocenters. The standard InChI is InChI=1S/C23H29N5O3/c1-3-9-25-10-12-27(13-11-25)22(29)19-16-26(14-15-31-2)17-20-21(19)24-28(23(20)30)18-7-5-4-6-8-18/h4-8,16-17H,3,9-15H2,1-2H3. The van der Waals surface area contributed by atoms with Gasteiger partial charge in [-0.05, 0) is 25.1 Å². The Morgan fingerprint density at radius 1 is 1.06 bits per heavy atom. The fourth-order valence-corrected chi connectivity index (χ4v) is 4.05. The van der Waals surface area contributed by atoms with E-state index in [0.29, 0.717) is 48.7 Å². The number of hydrogen-bond donors (Lipinski definition) is 0. The number of ether oxygens (including phenoxy) is 1. The second kappa shape index (κ2) is 9.45. The summed E-state index contributed by atoms with van der Waals surface area (Å²) in [4.78, 5) is 30.9. The number of methoxy groups -OCH3 is 1. The molecule has 0 radical (unpaired) electrons. The molecule has 0 aliphatic carbocycles. The number of aromatic nitrogens is 3. The number of para-hydroxylation sites is 1. The van der Waals surface area contributed by atoms with Gasteiger partial charge in [0.05, 0.1) is 23.4 Å². The zero-order valence-electron chi connectivity index (χ0n) is 18.2. The molecule has 0 spiro atoms.